The van der Waals surface area contributed by atoms with Crippen LogP contribution in [-0.2, 0) is 5.41 Å². The summed E-state index contributed by atoms with van der Waals surface area (Å²) >= 11 is 0. The molecular formula is C18H18FN5O2. The van der Waals surface area contributed by atoms with Crippen LogP contribution in [0.2, 0.25) is 0 Å². The van der Waals surface area contributed by atoms with Gasteiger partial charge in [0.1, 0.15) is 11.3 Å². The standard InChI is InChI=1S/C18H18FN5O2/c1-10-22-23-17(26-10)18-4-2-3-11(18)7-24(8-18)16(25)13-5-12(19)6-14-15(13)21-9-20-14/h5-6,9,11H,2-4,7-8H2,1H3,(H,20,21)/t11-,18-/m0/s1. The van der Waals surface area contributed by atoms with E-state index in [1.165, 1.54) is 18.5 Å². The second-order valence-electron chi connectivity index (χ2n) is 7.31. The van der Waals surface area contributed by atoms with Gasteiger partial charge in [0, 0.05) is 20.0 Å². The van der Waals surface area contributed by atoms with Crippen molar-refractivity contribution in [3.8, 4) is 0 Å². The first-order valence-corrected chi connectivity index (χ1v) is 8.79. The number of fused-ring (bicyclic) bond motifs is 2. The second-order valence-corrected chi connectivity index (χ2v) is 7.31. The summed E-state index contributed by atoms with van der Waals surface area (Å²) in [5.41, 5.74) is 1.03. The number of benzene rings is 1. The van der Waals surface area contributed by atoms with Crippen molar-refractivity contribution in [3.05, 3.63) is 41.6 Å². The number of nitrogens with zero attached hydrogens (tertiary/aromatic N) is 4. The summed E-state index contributed by atoms with van der Waals surface area (Å²) in [5, 5.41) is 8.23. The minimum Gasteiger partial charge on any atom is -0.425 e. The molecule has 134 valence electrons. The summed E-state index contributed by atoms with van der Waals surface area (Å²) in [6.07, 6.45) is 4.50. The van der Waals surface area contributed by atoms with E-state index in [0.29, 0.717) is 35.9 Å². The molecule has 2 aromatic heterocycles. The van der Waals surface area contributed by atoms with Crippen LogP contribution in [0.15, 0.2) is 22.9 Å². The van der Waals surface area contributed by atoms with Crippen molar-refractivity contribution in [3.63, 3.8) is 0 Å². The maximum absolute atomic E-state index is 13.9. The molecule has 1 aromatic carbocycles. The molecule has 0 radical (unpaired) electrons. The molecule has 2 aliphatic rings. The van der Waals surface area contributed by atoms with Crippen molar-refractivity contribution < 1.29 is 13.6 Å². The third kappa shape index (κ3) is 2.11. The number of likely N-dealkylation sites (tertiary alicyclic amines) is 1. The Balaban J connectivity index is 1.52. The number of hydrogen-bond donors (Lipinski definition) is 1. The van der Waals surface area contributed by atoms with Gasteiger partial charge in [0.05, 0.1) is 22.8 Å². The molecule has 1 amide bonds. The molecule has 0 unspecified atom stereocenters. The Hall–Kier alpha value is -2.77. The molecule has 0 spiro atoms. The Bertz CT molecular complexity index is 1010. The first-order valence-electron chi connectivity index (χ1n) is 8.79. The predicted molar refractivity (Wildman–Crippen MR) is 90.0 cm³/mol. The fourth-order valence-electron chi connectivity index (χ4n) is 4.64. The first kappa shape index (κ1) is 15.5. The fraction of sp³-hybridized carbons (Fsp3) is 0.444. The van der Waals surface area contributed by atoms with Gasteiger partial charge in [-0.15, -0.1) is 10.2 Å². The molecule has 1 aliphatic carbocycles. The van der Waals surface area contributed by atoms with Crippen LogP contribution in [0.5, 0.6) is 0 Å². The Kier molecular flexibility index (Phi) is 3.19. The average molecular weight is 355 g/mol. The normalized spacial score (nSPS) is 25.2. The van der Waals surface area contributed by atoms with E-state index in [1.54, 1.807) is 11.8 Å². The Labute approximate surface area is 148 Å². The van der Waals surface area contributed by atoms with Crippen LogP contribution in [0, 0.1) is 18.7 Å². The summed E-state index contributed by atoms with van der Waals surface area (Å²) in [5.74, 6) is 0.790. The maximum Gasteiger partial charge on any atom is 0.256 e. The van der Waals surface area contributed by atoms with Crippen molar-refractivity contribution in [2.45, 2.75) is 31.6 Å². The number of rotatable bonds is 2. The third-order valence-electron chi connectivity index (χ3n) is 5.83. The lowest BCUT2D eigenvalue weighted by Gasteiger charge is -2.24. The SMILES string of the molecule is Cc1nnc([C@]23CCC[C@H]2CN(C(=O)c2cc(F)cc4[nH]cnc24)C3)o1. The van der Waals surface area contributed by atoms with Crippen LogP contribution in [0.3, 0.4) is 0 Å². The van der Waals surface area contributed by atoms with Crippen LogP contribution in [0.1, 0.15) is 41.4 Å². The third-order valence-corrected chi connectivity index (χ3v) is 5.83. The number of aromatic nitrogens is 4. The minimum absolute atomic E-state index is 0.202. The van der Waals surface area contributed by atoms with Crippen molar-refractivity contribution in [2.24, 2.45) is 5.92 Å². The molecule has 26 heavy (non-hydrogen) atoms. The Morgan fingerprint density at radius 3 is 3.12 bits per heavy atom. The van der Waals surface area contributed by atoms with Crippen molar-refractivity contribution in [1.29, 1.82) is 0 Å². The Morgan fingerprint density at radius 2 is 2.31 bits per heavy atom. The molecule has 8 heteroatoms. The summed E-state index contributed by atoms with van der Waals surface area (Å²) in [4.78, 5) is 22.0. The molecule has 5 rings (SSSR count). The number of hydrogen-bond acceptors (Lipinski definition) is 5. The van der Waals surface area contributed by atoms with Crippen LogP contribution in [0.25, 0.3) is 11.0 Å². The van der Waals surface area contributed by atoms with E-state index in [-0.39, 0.29) is 22.8 Å². The minimum atomic E-state index is -0.452. The highest BCUT2D eigenvalue weighted by Gasteiger charge is 2.55. The summed E-state index contributed by atoms with van der Waals surface area (Å²) < 4.78 is 19.7. The quantitative estimate of drug-likeness (QED) is 0.763. The lowest BCUT2D eigenvalue weighted by atomic mass is 9.80. The lowest BCUT2D eigenvalue weighted by molar-refractivity contribution is 0.0777. The number of carbonyl (C=O) groups is 1. The number of H-pyrrole nitrogens is 1. The van der Waals surface area contributed by atoms with E-state index in [2.05, 4.69) is 20.2 Å². The summed E-state index contributed by atoms with van der Waals surface area (Å²) in [7, 11) is 0. The second kappa shape index (κ2) is 5.36. The van der Waals surface area contributed by atoms with Crippen LogP contribution < -0.4 is 0 Å². The maximum atomic E-state index is 13.9. The number of carbonyl (C=O) groups excluding carboxylic acids is 1. The van der Waals surface area contributed by atoms with Gasteiger partial charge >= 0.3 is 0 Å². The van der Waals surface area contributed by atoms with E-state index in [1.807, 2.05) is 0 Å². The molecule has 2 atom stereocenters. The van der Waals surface area contributed by atoms with Crippen molar-refractivity contribution >= 4 is 16.9 Å². The van der Waals surface area contributed by atoms with Gasteiger partial charge in [-0.25, -0.2) is 9.37 Å². The molecule has 3 heterocycles. The topological polar surface area (TPSA) is 87.9 Å². The summed E-state index contributed by atoms with van der Waals surface area (Å²) in [6, 6.07) is 2.61. The first-order chi connectivity index (χ1) is 12.6. The highest BCUT2D eigenvalue weighted by Crippen LogP contribution is 2.50. The fourth-order valence-corrected chi connectivity index (χ4v) is 4.64. The van der Waals surface area contributed by atoms with Gasteiger partial charge < -0.3 is 14.3 Å². The van der Waals surface area contributed by atoms with E-state index in [9.17, 15) is 9.18 Å². The molecule has 2 fully saturated rings. The van der Waals surface area contributed by atoms with Crippen LogP contribution in [0.4, 0.5) is 4.39 Å². The molecule has 7 nitrogen and oxygen atoms in total. The zero-order valence-electron chi connectivity index (χ0n) is 14.3. The van der Waals surface area contributed by atoms with E-state index >= 15 is 0 Å². The van der Waals surface area contributed by atoms with Gasteiger partial charge in [-0.05, 0) is 30.9 Å². The van der Waals surface area contributed by atoms with Crippen LogP contribution >= 0.6 is 0 Å². The Morgan fingerprint density at radius 1 is 1.42 bits per heavy atom. The number of imidazole rings is 1. The van der Waals surface area contributed by atoms with E-state index in [4.69, 9.17) is 4.42 Å². The molecular weight excluding hydrogens is 337 g/mol. The van der Waals surface area contributed by atoms with Gasteiger partial charge in [-0.2, -0.15) is 0 Å². The number of halogens is 1. The number of aryl methyl sites for hydroxylation is 1. The highest BCUT2D eigenvalue weighted by atomic mass is 19.1. The molecule has 0 bridgehead atoms. The van der Waals surface area contributed by atoms with E-state index < -0.39 is 5.82 Å². The van der Waals surface area contributed by atoms with Gasteiger partial charge in [0.2, 0.25) is 11.8 Å². The summed E-state index contributed by atoms with van der Waals surface area (Å²) in [6.45, 7) is 2.90. The van der Waals surface area contributed by atoms with Gasteiger partial charge in [-0.3, -0.25) is 4.79 Å². The predicted octanol–water partition coefficient (Wildman–Crippen LogP) is 2.59. The zero-order valence-corrected chi connectivity index (χ0v) is 14.3. The highest BCUT2D eigenvalue weighted by molar-refractivity contribution is 6.05. The lowest BCUT2D eigenvalue weighted by Crippen LogP contribution is -2.35. The molecule has 1 saturated heterocycles. The van der Waals surface area contributed by atoms with E-state index in [0.717, 1.165) is 19.3 Å². The van der Waals surface area contributed by atoms with Crippen LogP contribution in [-0.4, -0.2) is 44.1 Å². The van der Waals surface area contributed by atoms with Gasteiger partial charge in [0.25, 0.3) is 5.91 Å². The molecule has 1 aliphatic heterocycles. The monoisotopic (exact) mass is 355 g/mol. The largest absolute Gasteiger partial charge is 0.425 e. The number of amides is 1. The average Bonchev–Trinajstić information content (AvgIpc) is 3.34. The molecule has 1 N–H and O–H groups in total. The molecule has 1 saturated carbocycles. The number of nitrogens with one attached hydrogen (secondary N) is 1. The van der Waals surface area contributed by atoms with Crippen molar-refractivity contribution in [2.75, 3.05) is 13.1 Å². The molecule has 3 aromatic rings. The smallest absolute Gasteiger partial charge is 0.256 e. The van der Waals surface area contributed by atoms with Gasteiger partial charge in [0.15, 0.2) is 0 Å². The zero-order chi connectivity index (χ0) is 17.9. The van der Waals surface area contributed by atoms with Gasteiger partial charge in [-0.1, -0.05) is 6.42 Å². The van der Waals surface area contributed by atoms with Crippen molar-refractivity contribution in [1.82, 2.24) is 25.1 Å². The number of aromatic amines is 1.